The number of hydrogen-bond donors (Lipinski definition) is 0. The molecule has 0 unspecified atom stereocenters. The first-order valence-corrected chi connectivity index (χ1v) is 10.3. The number of rotatable bonds is 5. The van der Waals surface area contributed by atoms with Gasteiger partial charge in [-0.05, 0) is 61.4 Å². The van der Waals surface area contributed by atoms with Crippen LogP contribution in [0.4, 0.5) is 18.9 Å². The summed E-state index contributed by atoms with van der Waals surface area (Å²) < 4.78 is 56.9. The number of alkyl halides is 3. The van der Waals surface area contributed by atoms with Crippen LogP contribution in [0.1, 0.15) is 27.2 Å². The Bertz CT molecular complexity index is 1540. The Kier molecular flexibility index (Phi) is 6.23. The lowest BCUT2D eigenvalue weighted by molar-refractivity contribution is -0.384. The molecule has 0 saturated carbocycles. The number of nitro groups is 1. The first-order valence-electron chi connectivity index (χ1n) is 10.3. The van der Waals surface area contributed by atoms with Crippen LogP contribution in [0.15, 0.2) is 69.9 Å². The molecule has 3 aromatic carbocycles. The molecule has 1 aromatic heterocycles. The predicted molar refractivity (Wildman–Crippen MR) is 122 cm³/mol. The number of carbonyl (C=O) groups is 1. The maximum Gasteiger partial charge on any atom is 0.453 e. The average molecular weight is 499 g/mol. The molecule has 0 bridgehead atoms. The van der Waals surface area contributed by atoms with Crippen LogP contribution in [0, 0.1) is 24.0 Å². The number of carbonyl (C=O) groups excluding carboxylic acids is 1. The lowest BCUT2D eigenvalue weighted by Gasteiger charge is -2.14. The average Bonchev–Trinajstić information content (AvgIpc) is 2.79. The fraction of sp³-hybridized carbons (Fsp3) is 0.120. The standard InChI is InChI=1S/C25H16F3NO7/c1-13-9-14(2)11-18(10-13)34-22-21(30)19-8-7-17(12-20(19)36-23(22)25(26,27)28)35-24(31)15-3-5-16(6-4-15)29(32)33/h3-12H,1-2H3. The molecule has 0 fully saturated rings. The molecule has 0 aliphatic heterocycles. The third-order valence-corrected chi connectivity index (χ3v) is 5.02. The number of benzene rings is 3. The maximum atomic E-state index is 13.8. The van der Waals surface area contributed by atoms with Gasteiger partial charge in [-0.1, -0.05) is 6.07 Å². The van der Waals surface area contributed by atoms with Gasteiger partial charge in [0.25, 0.3) is 11.4 Å². The first-order chi connectivity index (χ1) is 16.9. The summed E-state index contributed by atoms with van der Waals surface area (Å²) in [6.45, 7) is 3.46. The van der Waals surface area contributed by atoms with Crippen LogP contribution in [0.5, 0.6) is 17.2 Å². The quantitative estimate of drug-likeness (QED) is 0.136. The second kappa shape index (κ2) is 9.17. The molecule has 0 N–H and O–H groups in total. The van der Waals surface area contributed by atoms with Gasteiger partial charge in [0.15, 0.2) is 0 Å². The van der Waals surface area contributed by atoms with Gasteiger partial charge in [-0.2, -0.15) is 13.2 Å². The molecule has 0 saturated heterocycles. The van der Waals surface area contributed by atoms with Crippen molar-refractivity contribution in [2.24, 2.45) is 0 Å². The van der Waals surface area contributed by atoms with Gasteiger partial charge < -0.3 is 13.9 Å². The molecular weight excluding hydrogens is 483 g/mol. The van der Waals surface area contributed by atoms with Crippen LogP contribution < -0.4 is 14.9 Å². The molecule has 11 heteroatoms. The molecule has 0 aliphatic rings. The number of ether oxygens (including phenoxy) is 2. The number of halogens is 3. The molecule has 0 amide bonds. The zero-order valence-electron chi connectivity index (χ0n) is 18.7. The Hall–Kier alpha value is -4.67. The van der Waals surface area contributed by atoms with Crippen molar-refractivity contribution in [1.82, 2.24) is 0 Å². The molecular formula is C25H16F3NO7. The minimum atomic E-state index is -5.06. The highest BCUT2D eigenvalue weighted by atomic mass is 19.4. The lowest BCUT2D eigenvalue weighted by atomic mass is 10.1. The van der Waals surface area contributed by atoms with Crippen molar-refractivity contribution >= 4 is 22.6 Å². The molecule has 8 nitrogen and oxygen atoms in total. The van der Waals surface area contributed by atoms with Crippen molar-refractivity contribution in [3.63, 3.8) is 0 Å². The number of non-ortho nitro benzene ring substituents is 1. The number of aryl methyl sites for hydroxylation is 2. The van der Waals surface area contributed by atoms with E-state index in [0.717, 1.165) is 35.4 Å². The van der Waals surface area contributed by atoms with Gasteiger partial charge in [0.05, 0.1) is 15.9 Å². The van der Waals surface area contributed by atoms with Crippen LogP contribution in [0.3, 0.4) is 0 Å². The van der Waals surface area contributed by atoms with E-state index < -0.39 is 39.6 Å². The van der Waals surface area contributed by atoms with E-state index in [9.17, 15) is 32.9 Å². The number of nitro benzene ring substituents is 1. The Balaban J connectivity index is 1.72. The molecule has 0 aliphatic carbocycles. The second-order valence-corrected chi connectivity index (χ2v) is 7.86. The smallest absolute Gasteiger partial charge is 0.449 e. The van der Waals surface area contributed by atoms with Crippen molar-refractivity contribution in [3.8, 4) is 17.2 Å². The van der Waals surface area contributed by atoms with Crippen molar-refractivity contribution in [2.45, 2.75) is 20.0 Å². The van der Waals surface area contributed by atoms with E-state index in [2.05, 4.69) is 0 Å². The zero-order valence-corrected chi connectivity index (χ0v) is 18.7. The minimum absolute atomic E-state index is 0.0321. The van der Waals surface area contributed by atoms with Gasteiger partial charge in [-0.25, -0.2) is 4.79 Å². The van der Waals surface area contributed by atoms with Crippen LogP contribution in [0.25, 0.3) is 11.0 Å². The molecule has 184 valence electrons. The highest BCUT2D eigenvalue weighted by Crippen LogP contribution is 2.39. The SMILES string of the molecule is Cc1cc(C)cc(Oc2c(C(F)(F)F)oc3cc(OC(=O)c4ccc([N+](=O)[O-])cc4)ccc3c2=O)c1. The lowest BCUT2D eigenvalue weighted by Crippen LogP contribution is -2.15. The summed E-state index contributed by atoms with van der Waals surface area (Å²) in [6, 6.07) is 12.6. The van der Waals surface area contributed by atoms with Crippen LogP contribution >= 0.6 is 0 Å². The number of hydrogen-bond acceptors (Lipinski definition) is 7. The largest absolute Gasteiger partial charge is 0.453 e. The van der Waals surface area contributed by atoms with Crippen LogP contribution in [-0.4, -0.2) is 10.9 Å². The van der Waals surface area contributed by atoms with E-state index in [-0.39, 0.29) is 28.1 Å². The topological polar surface area (TPSA) is 109 Å². The highest BCUT2D eigenvalue weighted by Gasteiger charge is 2.40. The normalized spacial score (nSPS) is 11.4. The number of fused-ring (bicyclic) bond motifs is 1. The van der Waals surface area contributed by atoms with Gasteiger partial charge in [0.2, 0.25) is 11.2 Å². The van der Waals surface area contributed by atoms with Crippen LogP contribution in [-0.2, 0) is 6.18 Å². The molecule has 0 atom stereocenters. The summed E-state index contributed by atoms with van der Waals surface area (Å²) in [6.07, 6.45) is -5.06. The Morgan fingerprint density at radius 2 is 1.58 bits per heavy atom. The fourth-order valence-electron chi connectivity index (χ4n) is 3.49. The first kappa shape index (κ1) is 24.5. The minimum Gasteiger partial charge on any atom is -0.449 e. The summed E-state index contributed by atoms with van der Waals surface area (Å²) >= 11 is 0. The summed E-state index contributed by atoms with van der Waals surface area (Å²) in [5, 5.41) is 10.5. The summed E-state index contributed by atoms with van der Waals surface area (Å²) in [5.74, 6) is -3.74. The predicted octanol–water partition coefficient (Wildman–Crippen LogP) is 6.35. The van der Waals surface area contributed by atoms with Gasteiger partial charge in [-0.15, -0.1) is 0 Å². The van der Waals surface area contributed by atoms with Crippen LogP contribution in [0.2, 0.25) is 0 Å². The van der Waals surface area contributed by atoms with Crippen molar-refractivity contribution in [1.29, 1.82) is 0 Å². The van der Waals surface area contributed by atoms with E-state index >= 15 is 0 Å². The van der Waals surface area contributed by atoms with Crippen molar-refractivity contribution in [2.75, 3.05) is 0 Å². The Morgan fingerprint density at radius 1 is 0.944 bits per heavy atom. The molecule has 4 rings (SSSR count). The summed E-state index contributed by atoms with van der Waals surface area (Å²) in [7, 11) is 0. The number of esters is 1. The van der Waals surface area contributed by atoms with E-state index in [1.165, 1.54) is 30.3 Å². The fourth-order valence-corrected chi connectivity index (χ4v) is 3.49. The third-order valence-electron chi connectivity index (χ3n) is 5.02. The van der Waals surface area contributed by atoms with Crippen molar-refractivity contribution in [3.05, 3.63) is 103 Å². The third kappa shape index (κ3) is 5.04. The van der Waals surface area contributed by atoms with Gasteiger partial charge in [-0.3, -0.25) is 14.9 Å². The number of nitrogens with zero attached hydrogens (tertiary/aromatic N) is 1. The molecule has 0 spiro atoms. The molecule has 1 heterocycles. The van der Waals surface area contributed by atoms with E-state index in [0.29, 0.717) is 0 Å². The van der Waals surface area contributed by atoms with E-state index in [1.807, 2.05) is 0 Å². The Labute approximate surface area is 200 Å². The van der Waals surface area contributed by atoms with E-state index in [1.54, 1.807) is 19.9 Å². The molecule has 0 radical (unpaired) electrons. The second-order valence-electron chi connectivity index (χ2n) is 7.86. The van der Waals surface area contributed by atoms with Crippen molar-refractivity contribution < 1.29 is 36.8 Å². The van der Waals surface area contributed by atoms with Gasteiger partial charge in [0, 0.05) is 18.2 Å². The van der Waals surface area contributed by atoms with Gasteiger partial charge in [0.1, 0.15) is 17.1 Å². The summed E-state index contributed by atoms with van der Waals surface area (Å²) in [4.78, 5) is 35.4. The Morgan fingerprint density at radius 3 is 2.17 bits per heavy atom. The zero-order chi connectivity index (χ0) is 26.2. The molecule has 4 aromatic rings. The maximum absolute atomic E-state index is 13.8. The van der Waals surface area contributed by atoms with E-state index in [4.69, 9.17) is 13.9 Å². The van der Waals surface area contributed by atoms with Gasteiger partial charge >= 0.3 is 12.1 Å². The summed E-state index contributed by atoms with van der Waals surface area (Å²) in [5.41, 5.74) is -0.357. The highest BCUT2D eigenvalue weighted by molar-refractivity contribution is 5.92. The monoisotopic (exact) mass is 499 g/mol. The molecule has 36 heavy (non-hydrogen) atoms.